The Morgan fingerprint density at radius 2 is 1.25 bits per heavy atom. The fourth-order valence-corrected chi connectivity index (χ4v) is 5.97. The van der Waals surface area contributed by atoms with Crippen molar-refractivity contribution >= 4 is 27.6 Å². The molecule has 0 bridgehead atoms. The molecule has 0 saturated carbocycles. The smallest absolute Gasteiger partial charge is 0.193 e. The lowest BCUT2D eigenvalue weighted by Gasteiger charge is -2.21. The Labute approximate surface area is 210 Å². The minimum absolute atomic E-state index is 0.0482. The number of hydrogen-bond acceptors (Lipinski definition) is 1. The predicted octanol–water partition coefficient (Wildman–Crippen LogP) is 8.32. The molecule has 1 aliphatic carbocycles. The minimum atomic E-state index is -0.0846. The number of hydrogen-bond donors (Lipinski definition) is 0. The normalized spacial score (nSPS) is 13.6. The van der Waals surface area contributed by atoms with Crippen molar-refractivity contribution in [2.75, 3.05) is 0 Å². The number of benzene rings is 5. The molecule has 2 nitrogen and oxygen atoms in total. The van der Waals surface area contributed by atoms with Gasteiger partial charge >= 0.3 is 0 Å². The SMILES string of the molecule is CC1(C)c2ccccc2-c2cc3c(cc21)c1cc(C(=O)c2ccccc2)ccc1n3-c1ccccc1. The van der Waals surface area contributed by atoms with E-state index in [4.69, 9.17) is 0 Å². The van der Waals surface area contributed by atoms with E-state index in [1.807, 2.05) is 42.5 Å². The zero-order valence-electron chi connectivity index (χ0n) is 20.3. The van der Waals surface area contributed by atoms with E-state index in [-0.39, 0.29) is 11.2 Å². The van der Waals surface area contributed by atoms with Crippen molar-refractivity contribution in [2.45, 2.75) is 19.3 Å². The van der Waals surface area contributed by atoms with Crippen molar-refractivity contribution in [1.29, 1.82) is 0 Å². The first-order valence-electron chi connectivity index (χ1n) is 12.4. The largest absolute Gasteiger partial charge is 0.309 e. The van der Waals surface area contributed by atoms with E-state index in [0.717, 1.165) is 22.1 Å². The zero-order chi connectivity index (χ0) is 24.4. The van der Waals surface area contributed by atoms with Crippen LogP contribution in [-0.4, -0.2) is 10.4 Å². The molecule has 5 aromatic carbocycles. The molecule has 2 heteroatoms. The molecule has 1 heterocycles. The van der Waals surface area contributed by atoms with E-state index in [9.17, 15) is 4.79 Å². The molecule has 7 rings (SSSR count). The van der Waals surface area contributed by atoms with Gasteiger partial charge in [-0.15, -0.1) is 0 Å². The van der Waals surface area contributed by atoms with Gasteiger partial charge in [-0.2, -0.15) is 0 Å². The van der Waals surface area contributed by atoms with E-state index in [2.05, 4.69) is 91.2 Å². The highest BCUT2D eigenvalue weighted by Crippen LogP contribution is 2.50. The monoisotopic (exact) mass is 463 g/mol. The van der Waals surface area contributed by atoms with Gasteiger partial charge < -0.3 is 4.57 Å². The third-order valence-corrected chi connectivity index (χ3v) is 7.78. The second kappa shape index (κ2) is 7.53. The molecule has 36 heavy (non-hydrogen) atoms. The zero-order valence-corrected chi connectivity index (χ0v) is 20.3. The molecule has 0 fully saturated rings. The van der Waals surface area contributed by atoms with E-state index < -0.39 is 0 Å². The average molecular weight is 464 g/mol. The lowest BCUT2D eigenvalue weighted by Crippen LogP contribution is -2.14. The summed E-state index contributed by atoms with van der Waals surface area (Å²) in [7, 11) is 0. The Morgan fingerprint density at radius 1 is 0.583 bits per heavy atom. The van der Waals surface area contributed by atoms with Gasteiger partial charge in [0.15, 0.2) is 5.78 Å². The second-order valence-corrected chi connectivity index (χ2v) is 10.2. The second-order valence-electron chi connectivity index (χ2n) is 10.2. The molecule has 0 spiro atoms. The lowest BCUT2D eigenvalue weighted by molar-refractivity contribution is 0.103. The van der Waals surface area contributed by atoms with Crippen LogP contribution in [0.15, 0.2) is 115 Å². The van der Waals surface area contributed by atoms with Gasteiger partial charge in [-0.25, -0.2) is 0 Å². The minimum Gasteiger partial charge on any atom is -0.309 e. The summed E-state index contributed by atoms with van der Waals surface area (Å²) in [4.78, 5) is 13.3. The van der Waals surface area contributed by atoms with Crippen LogP contribution < -0.4 is 0 Å². The topological polar surface area (TPSA) is 22.0 Å². The molecule has 0 atom stereocenters. The summed E-state index contributed by atoms with van der Waals surface area (Å²) in [6.07, 6.45) is 0. The fourth-order valence-electron chi connectivity index (χ4n) is 5.97. The van der Waals surface area contributed by atoms with Crippen LogP contribution in [-0.2, 0) is 5.41 Å². The number of rotatable bonds is 3. The maximum atomic E-state index is 13.3. The molecule has 0 N–H and O–H groups in total. The van der Waals surface area contributed by atoms with Crippen molar-refractivity contribution in [3.8, 4) is 16.8 Å². The Kier molecular flexibility index (Phi) is 4.37. The maximum Gasteiger partial charge on any atom is 0.193 e. The van der Waals surface area contributed by atoms with Crippen LogP contribution in [0.2, 0.25) is 0 Å². The molecule has 1 aromatic heterocycles. The first-order valence-corrected chi connectivity index (χ1v) is 12.4. The van der Waals surface area contributed by atoms with E-state index in [1.54, 1.807) is 0 Å². The lowest BCUT2D eigenvalue weighted by atomic mass is 9.82. The fraction of sp³-hybridized carbons (Fsp3) is 0.0882. The van der Waals surface area contributed by atoms with Gasteiger partial charge in [0.2, 0.25) is 0 Å². The van der Waals surface area contributed by atoms with Crippen LogP contribution in [0.4, 0.5) is 0 Å². The van der Waals surface area contributed by atoms with Crippen LogP contribution in [0.25, 0.3) is 38.6 Å². The van der Waals surface area contributed by atoms with Gasteiger partial charge in [-0.05, 0) is 64.7 Å². The predicted molar refractivity (Wildman–Crippen MR) is 148 cm³/mol. The molecule has 0 saturated heterocycles. The summed E-state index contributed by atoms with van der Waals surface area (Å²) in [5.41, 5.74) is 10.0. The summed E-state index contributed by atoms with van der Waals surface area (Å²) in [5, 5.41) is 2.28. The third kappa shape index (κ3) is 2.88. The summed E-state index contributed by atoms with van der Waals surface area (Å²) in [5.74, 6) is 0.0482. The van der Waals surface area contributed by atoms with Gasteiger partial charge in [-0.1, -0.05) is 86.6 Å². The number of carbonyl (C=O) groups excluding carboxylic acids is 1. The van der Waals surface area contributed by atoms with E-state index >= 15 is 0 Å². The van der Waals surface area contributed by atoms with Crippen molar-refractivity contribution in [2.24, 2.45) is 0 Å². The summed E-state index contributed by atoms with van der Waals surface area (Å²) in [6.45, 7) is 4.62. The number of ketones is 1. The highest BCUT2D eigenvalue weighted by atomic mass is 16.1. The Bertz CT molecular complexity index is 1810. The third-order valence-electron chi connectivity index (χ3n) is 7.78. The van der Waals surface area contributed by atoms with Gasteiger partial charge in [0.05, 0.1) is 11.0 Å². The Morgan fingerprint density at radius 3 is 2.03 bits per heavy atom. The first-order chi connectivity index (χ1) is 17.5. The number of para-hydroxylation sites is 1. The highest BCUT2D eigenvalue weighted by Gasteiger charge is 2.36. The summed E-state index contributed by atoms with van der Waals surface area (Å²) < 4.78 is 2.33. The quantitative estimate of drug-likeness (QED) is 0.242. The van der Waals surface area contributed by atoms with Crippen molar-refractivity contribution in [3.63, 3.8) is 0 Å². The number of carbonyl (C=O) groups is 1. The van der Waals surface area contributed by atoms with Crippen molar-refractivity contribution in [3.05, 3.63) is 138 Å². The molecule has 6 aromatic rings. The maximum absolute atomic E-state index is 13.3. The van der Waals surface area contributed by atoms with Crippen molar-refractivity contribution in [1.82, 2.24) is 4.57 Å². The van der Waals surface area contributed by atoms with Crippen LogP contribution in [0, 0.1) is 0 Å². The molecule has 1 aliphatic rings. The van der Waals surface area contributed by atoms with Gasteiger partial charge in [0.25, 0.3) is 0 Å². The van der Waals surface area contributed by atoms with Gasteiger partial charge in [0, 0.05) is 33.0 Å². The van der Waals surface area contributed by atoms with E-state index in [0.29, 0.717) is 11.1 Å². The Hall–Kier alpha value is -4.43. The van der Waals surface area contributed by atoms with Gasteiger partial charge in [0.1, 0.15) is 0 Å². The molecule has 0 aliphatic heterocycles. The van der Waals surface area contributed by atoms with Gasteiger partial charge in [-0.3, -0.25) is 4.79 Å². The number of fused-ring (bicyclic) bond motifs is 6. The molecular formula is C34H25NO. The van der Waals surface area contributed by atoms with Crippen LogP contribution in [0.3, 0.4) is 0 Å². The molecule has 172 valence electrons. The first kappa shape index (κ1) is 20.9. The Balaban J connectivity index is 1.56. The average Bonchev–Trinajstić information content (AvgIpc) is 3.36. The van der Waals surface area contributed by atoms with Crippen LogP contribution in [0.5, 0.6) is 0 Å². The molecule has 0 radical (unpaired) electrons. The number of aromatic nitrogens is 1. The van der Waals surface area contributed by atoms with Crippen molar-refractivity contribution < 1.29 is 4.79 Å². The molecule has 0 unspecified atom stereocenters. The van der Waals surface area contributed by atoms with Crippen LogP contribution in [0.1, 0.15) is 40.9 Å². The van der Waals surface area contributed by atoms with Crippen LogP contribution >= 0.6 is 0 Å². The summed E-state index contributed by atoms with van der Waals surface area (Å²) in [6, 6.07) is 39.6. The highest BCUT2D eigenvalue weighted by molar-refractivity contribution is 6.16. The number of nitrogens with zero attached hydrogens (tertiary/aromatic N) is 1. The molecular weight excluding hydrogens is 438 g/mol. The summed E-state index contributed by atoms with van der Waals surface area (Å²) >= 11 is 0. The van der Waals surface area contributed by atoms with E-state index in [1.165, 1.54) is 27.6 Å². The molecule has 0 amide bonds. The standard InChI is InChI=1S/C34H25NO/c1-34(2)29-16-10-9-15-25(29)26-21-32-28(20-30(26)34)27-19-23(33(36)22-11-5-3-6-12-22)17-18-31(27)35(32)24-13-7-4-8-14-24/h3-21H,1-2H3.